The van der Waals surface area contributed by atoms with Crippen LogP contribution in [-0.2, 0) is 14.3 Å². The lowest BCUT2D eigenvalue weighted by Crippen LogP contribution is -2.05. The zero-order valence-electron chi connectivity index (χ0n) is 7.53. The first-order valence-corrected chi connectivity index (χ1v) is 3.34. The summed E-state index contributed by atoms with van der Waals surface area (Å²) in [6, 6.07) is 0. The minimum atomic E-state index is -0.0648. The Labute approximate surface area is 68.0 Å². The maximum atomic E-state index is 9.32. The van der Waals surface area contributed by atoms with Crippen LogP contribution in [0.4, 0.5) is 0 Å². The summed E-state index contributed by atoms with van der Waals surface area (Å²) < 4.78 is 9.35. The van der Waals surface area contributed by atoms with E-state index >= 15 is 0 Å². The molecule has 0 fully saturated rings. The number of carbonyl (C=O) groups is 1. The van der Waals surface area contributed by atoms with Crippen molar-refractivity contribution in [3.05, 3.63) is 12.2 Å². The van der Waals surface area contributed by atoms with Gasteiger partial charge in [-0.2, -0.15) is 0 Å². The fourth-order valence-corrected chi connectivity index (χ4v) is 0.175. The van der Waals surface area contributed by atoms with E-state index in [1.54, 1.807) is 27.2 Å². The van der Waals surface area contributed by atoms with Gasteiger partial charge in [-0.05, 0) is 19.9 Å². The normalized spacial score (nSPS) is 9.55. The van der Waals surface area contributed by atoms with E-state index in [2.05, 4.69) is 9.47 Å². The quantitative estimate of drug-likeness (QED) is 0.355. The van der Waals surface area contributed by atoms with Gasteiger partial charge in [0.2, 0.25) is 0 Å². The molecular formula is C8H16O3. The zero-order chi connectivity index (χ0) is 9.11. The van der Waals surface area contributed by atoms with Crippen LogP contribution in [0.5, 0.6) is 0 Å². The van der Waals surface area contributed by atoms with E-state index in [0.29, 0.717) is 0 Å². The number of hydrogen-bond donors (Lipinski definition) is 0. The second-order valence-corrected chi connectivity index (χ2v) is 1.70. The standard InChI is InChI=1S/C4H10O2.C4H6O/c1-4(5-2)6-3;1-2-3-4-5/h4H,1-3H3;2-4H,1H3/b;3-2+. The number of rotatable bonds is 3. The summed E-state index contributed by atoms with van der Waals surface area (Å²) in [6.45, 7) is 3.63. The monoisotopic (exact) mass is 160 g/mol. The van der Waals surface area contributed by atoms with E-state index in [1.807, 2.05) is 6.92 Å². The summed E-state index contributed by atoms with van der Waals surface area (Å²) in [5.41, 5.74) is 0. The molecule has 0 atom stereocenters. The summed E-state index contributed by atoms with van der Waals surface area (Å²) >= 11 is 0. The Hall–Kier alpha value is -0.670. The molecule has 0 unspecified atom stereocenters. The third-order valence-corrected chi connectivity index (χ3v) is 0.935. The van der Waals surface area contributed by atoms with Gasteiger partial charge >= 0.3 is 0 Å². The molecule has 0 aromatic heterocycles. The first-order valence-electron chi connectivity index (χ1n) is 3.34. The molecule has 0 aromatic carbocycles. The summed E-state index contributed by atoms with van der Waals surface area (Å²) in [7, 11) is 3.21. The molecule has 0 radical (unpaired) electrons. The van der Waals surface area contributed by atoms with E-state index in [0.717, 1.165) is 6.29 Å². The van der Waals surface area contributed by atoms with E-state index < -0.39 is 0 Å². The Morgan fingerprint density at radius 3 is 1.73 bits per heavy atom. The van der Waals surface area contributed by atoms with Gasteiger partial charge in [0.25, 0.3) is 0 Å². The minimum absolute atomic E-state index is 0.0648. The molecule has 0 saturated heterocycles. The molecule has 0 aliphatic heterocycles. The van der Waals surface area contributed by atoms with Crippen LogP contribution >= 0.6 is 0 Å². The van der Waals surface area contributed by atoms with Gasteiger partial charge in [-0.1, -0.05) is 6.08 Å². The molecule has 0 aromatic rings. The largest absolute Gasteiger partial charge is 0.356 e. The highest BCUT2D eigenvalue weighted by atomic mass is 16.7. The fraction of sp³-hybridized carbons (Fsp3) is 0.625. The number of ether oxygens (including phenoxy) is 2. The predicted octanol–water partition coefficient (Wildman–Crippen LogP) is 1.39. The van der Waals surface area contributed by atoms with Gasteiger partial charge in [-0.15, -0.1) is 0 Å². The molecule has 0 N–H and O–H groups in total. The predicted molar refractivity (Wildman–Crippen MR) is 44.4 cm³/mol. The third-order valence-electron chi connectivity index (χ3n) is 0.935. The van der Waals surface area contributed by atoms with Crippen molar-refractivity contribution >= 4 is 6.29 Å². The van der Waals surface area contributed by atoms with Gasteiger partial charge in [-0.3, -0.25) is 4.79 Å². The van der Waals surface area contributed by atoms with Crippen molar-refractivity contribution in [3.63, 3.8) is 0 Å². The lowest BCUT2D eigenvalue weighted by Gasteiger charge is -2.03. The highest BCUT2D eigenvalue weighted by molar-refractivity contribution is 5.64. The van der Waals surface area contributed by atoms with Crippen LogP contribution in [0.15, 0.2) is 12.2 Å². The molecule has 0 bridgehead atoms. The van der Waals surface area contributed by atoms with Crippen LogP contribution in [0.25, 0.3) is 0 Å². The van der Waals surface area contributed by atoms with Crippen molar-refractivity contribution in [2.45, 2.75) is 20.1 Å². The van der Waals surface area contributed by atoms with Crippen LogP contribution in [0.2, 0.25) is 0 Å². The van der Waals surface area contributed by atoms with Crippen LogP contribution in [-0.4, -0.2) is 26.8 Å². The van der Waals surface area contributed by atoms with Crippen molar-refractivity contribution < 1.29 is 14.3 Å². The number of allylic oxidation sites excluding steroid dienone is 2. The van der Waals surface area contributed by atoms with Crippen molar-refractivity contribution in [1.29, 1.82) is 0 Å². The first-order chi connectivity index (χ1) is 5.22. The lowest BCUT2D eigenvalue weighted by atomic mass is 10.6. The average Bonchev–Trinajstić information content (AvgIpc) is 2.06. The highest BCUT2D eigenvalue weighted by Crippen LogP contribution is 1.82. The lowest BCUT2D eigenvalue weighted by molar-refractivity contribution is -0.104. The molecule has 0 heterocycles. The molecule has 0 spiro atoms. The summed E-state index contributed by atoms with van der Waals surface area (Å²) in [4.78, 5) is 9.32. The highest BCUT2D eigenvalue weighted by Gasteiger charge is 1.87. The maximum absolute atomic E-state index is 9.32. The van der Waals surface area contributed by atoms with Gasteiger partial charge in [0.05, 0.1) is 0 Å². The Balaban J connectivity index is 0. The van der Waals surface area contributed by atoms with Gasteiger partial charge in [0, 0.05) is 14.2 Å². The van der Waals surface area contributed by atoms with Crippen molar-refractivity contribution in [2.24, 2.45) is 0 Å². The number of methoxy groups -OCH3 is 2. The van der Waals surface area contributed by atoms with Crippen molar-refractivity contribution in [2.75, 3.05) is 14.2 Å². The number of hydrogen-bond acceptors (Lipinski definition) is 3. The number of aldehydes is 1. The topological polar surface area (TPSA) is 35.5 Å². The second-order valence-electron chi connectivity index (χ2n) is 1.70. The minimum Gasteiger partial charge on any atom is -0.356 e. The molecule has 11 heavy (non-hydrogen) atoms. The summed E-state index contributed by atoms with van der Waals surface area (Å²) in [6.07, 6.45) is 3.82. The van der Waals surface area contributed by atoms with Crippen LogP contribution in [0.1, 0.15) is 13.8 Å². The van der Waals surface area contributed by atoms with Crippen LogP contribution < -0.4 is 0 Å². The third kappa shape index (κ3) is 17.6. The molecule has 3 nitrogen and oxygen atoms in total. The van der Waals surface area contributed by atoms with E-state index in [4.69, 9.17) is 0 Å². The van der Waals surface area contributed by atoms with Gasteiger partial charge < -0.3 is 9.47 Å². The van der Waals surface area contributed by atoms with Crippen molar-refractivity contribution in [1.82, 2.24) is 0 Å². The summed E-state index contributed by atoms with van der Waals surface area (Å²) in [5, 5.41) is 0. The molecule has 66 valence electrons. The molecular weight excluding hydrogens is 144 g/mol. The molecule has 0 amide bonds. The molecule has 0 saturated carbocycles. The molecule has 0 aliphatic carbocycles. The average molecular weight is 160 g/mol. The van der Waals surface area contributed by atoms with Gasteiger partial charge in [-0.25, -0.2) is 0 Å². The zero-order valence-corrected chi connectivity index (χ0v) is 7.53. The van der Waals surface area contributed by atoms with E-state index in [9.17, 15) is 4.79 Å². The summed E-state index contributed by atoms with van der Waals surface area (Å²) in [5.74, 6) is 0. The second kappa shape index (κ2) is 12.0. The van der Waals surface area contributed by atoms with Gasteiger partial charge in [0.1, 0.15) is 6.29 Å². The fourth-order valence-electron chi connectivity index (χ4n) is 0.175. The van der Waals surface area contributed by atoms with E-state index in [1.165, 1.54) is 6.08 Å². The Kier molecular flexibility index (Phi) is 14.2. The van der Waals surface area contributed by atoms with Crippen molar-refractivity contribution in [3.8, 4) is 0 Å². The Morgan fingerprint density at radius 1 is 1.27 bits per heavy atom. The molecule has 3 heteroatoms. The van der Waals surface area contributed by atoms with Gasteiger partial charge in [0.15, 0.2) is 6.29 Å². The number of carbonyl (C=O) groups excluding carboxylic acids is 1. The van der Waals surface area contributed by atoms with E-state index in [-0.39, 0.29) is 6.29 Å². The first kappa shape index (κ1) is 13.0. The van der Waals surface area contributed by atoms with Crippen LogP contribution in [0, 0.1) is 0 Å². The Bertz CT molecular complexity index is 95.5. The Morgan fingerprint density at radius 2 is 1.73 bits per heavy atom. The molecule has 0 aliphatic rings. The maximum Gasteiger partial charge on any atom is 0.154 e. The smallest absolute Gasteiger partial charge is 0.154 e. The van der Waals surface area contributed by atoms with Crippen LogP contribution in [0.3, 0.4) is 0 Å². The SMILES string of the molecule is C/C=C/C=O.COC(C)OC. The molecule has 0 rings (SSSR count).